The number of thiophene rings is 1. The van der Waals surface area contributed by atoms with E-state index in [1.807, 2.05) is 31.2 Å². The van der Waals surface area contributed by atoms with Gasteiger partial charge < -0.3 is 14.8 Å². The number of ether oxygens (including phenoxy) is 2. The molecule has 3 rings (SSSR count). The molecule has 1 atom stereocenters. The van der Waals surface area contributed by atoms with Gasteiger partial charge in [0.2, 0.25) is 5.91 Å². The number of carbonyl (C=O) groups excluding carboxylic acids is 2. The van der Waals surface area contributed by atoms with Crippen LogP contribution in [0.2, 0.25) is 0 Å². The van der Waals surface area contributed by atoms with E-state index < -0.39 is 5.97 Å². The fourth-order valence-electron chi connectivity index (χ4n) is 3.32. The van der Waals surface area contributed by atoms with Crippen LogP contribution in [0.3, 0.4) is 0 Å². The molecule has 1 amide bonds. The second kappa shape index (κ2) is 9.06. The maximum absolute atomic E-state index is 12.4. The molecule has 0 spiro atoms. The van der Waals surface area contributed by atoms with Gasteiger partial charge in [-0.2, -0.15) is 0 Å². The van der Waals surface area contributed by atoms with Gasteiger partial charge in [-0.3, -0.25) is 4.79 Å². The van der Waals surface area contributed by atoms with Gasteiger partial charge in [0.25, 0.3) is 0 Å². The minimum atomic E-state index is -0.391. The molecule has 1 N–H and O–H groups in total. The molecule has 0 fully saturated rings. The van der Waals surface area contributed by atoms with Crippen LogP contribution >= 0.6 is 11.3 Å². The van der Waals surface area contributed by atoms with Crippen molar-refractivity contribution in [3.8, 4) is 5.75 Å². The van der Waals surface area contributed by atoms with Crippen LogP contribution in [0.25, 0.3) is 6.08 Å². The summed E-state index contributed by atoms with van der Waals surface area (Å²) in [6.07, 6.45) is 6.02. The molecule has 1 aliphatic rings. The summed E-state index contributed by atoms with van der Waals surface area (Å²) in [4.78, 5) is 25.9. The van der Waals surface area contributed by atoms with Gasteiger partial charge in [-0.15, -0.1) is 11.3 Å². The molecule has 28 heavy (non-hydrogen) atoms. The minimum absolute atomic E-state index is 0.273. The maximum Gasteiger partial charge on any atom is 0.341 e. The van der Waals surface area contributed by atoms with Crippen molar-refractivity contribution in [2.24, 2.45) is 5.92 Å². The van der Waals surface area contributed by atoms with Crippen LogP contribution in [0.1, 0.15) is 46.6 Å². The topological polar surface area (TPSA) is 64.6 Å². The normalized spacial score (nSPS) is 15.9. The molecule has 6 heteroatoms. The van der Waals surface area contributed by atoms with Gasteiger partial charge in [0.05, 0.1) is 19.3 Å². The Labute approximate surface area is 169 Å². The van der Waals surface area contributed by atoms with Gasteiger partial charge in [-0.1, -0.05) is 19.1 Å². The third-order valence-electron chi connectivity index (χ3n) is 4.76. The highest BCUT2D eigenvalue weighted by molar-refractivity contribution is 7.17. The number of amides is 1. The molecule has 5 nitrogen and oxygen atoms in total. The third-order valence-corrected chi connectivity index (χ3v) is 5.93. The lowest BCUT2D eigenvalue weighted by atomic mass is 9.88. The van der Waals surface area contributed by atoms with Crippen LogP contribution < -0.4 is 10.1 Å². The summed E-state index contributed by atoms with van der Waals surface area (Å²) in [6.45, 7) is 4.76. The van der Waals surface area contributed by atoms with E-state index in [-0.39, 0.29) is 5.91 Å². The molecule has 1 aromatic carbocycles. The molecule has 0 bridgehead atoms. The Morgan fingerprint density at radius 3 is 2.71 bits per heavy atom. The van der Waals surface area contributed by atoms with Gasteiger partial charge in [0.15, 0.2) is 0 Å². The van der Waals surface area contributed by atoms with E-state index in [0.717, 1.165) is 36.1 Å². The van der Waals surface area contributed by atoms with Crippen molar-refractivity contribution in [2.75, 3.05) is 19.0 Å². The SMILES string of the molecule is CCOc1ccc(/C=C/C(=O)Nc2sc3c(c2C(=O)OC)CCC(C)C3)cc1. The first-order chi connectivity index (χ1) is 13.5. The molecular formula is C22H25NO4S. The number of rotatable bonds is 6. The Bertz CT molecular complexity index is 883. The molecule has 2 aromatic rings. The summed E-state index contributed by atoms with van der Waals surface area (Å²) in [6, 6.07) is 7.51. The number of esters is 1. The van der Waals surface area contributed by atoms with Crippen LogP contribution in [0.5, 0.6) is 5.75 Å². The van der Waals surface area contributed by atoms with Crippen LogP contribution in [-0.4, -0.2) is 25.6 Å². The zero-order valence-corrected chi connectivity index (χ0v) is 17.2. The summed E-state index contributed by atoms with van der Waals surface area (Å²) in [5.74, 6) is 0.716. The highest BCUT2D eigenvalue weighted by atomic mass is 32.1. The smallest absolute Gasteiger partial charge is 0.341 e. The molecule has 148 valence electrons. The molecule has 1 unspecified atom stereocenters. The Morgan fingerprint density at radius 2 is 2.04 bits per heavy atom. The number of benzene rings is 1. The van der Waals surface area contributed by atoms with Crippen molar-refractivity contribution in [3.05, 3.63) is 51.9 Å². The lowest BCUT2D eigenvalue weighted by Crippen LogP contribution is -2.14. The highest BCUT2D eigenvalue weighted by Gasteiger charge is 2.28. The standard InChI is InChI=1S/C22H25NO4S/c1-4-27-16-9-6-15(7-10-16)8-12-19(24)23-21-20(22(25)26-3)17-11-5-14(2)13-18(17)28-21/h6-10,12,14H,4-5,11,13H2,1-3H3,(H,23,24)/b12-8+. The average Bonchev–Trinajstić information content (AvgIpc) is 3.03. The van der Waals surface area contributed by atoms with Gasteiger partial charge in [-0.05, 0) is 61.4 Å². The fourth-order valence-corrected chi connectivity index (χ4v) is 4.73. The summed E-state index contributed by atoms with van der Waals surface area (Å²) in [5.41, 5.74) is 2.43. The van der Waals surface area contributed by atoms with E-state index >= 15 is 0 Å². The van der Waals surface area contributed by atoms with Crippen molar-refractivity contribution in [1.29, 1.82) is 0 Å². The Morgan fingerprint density at radius 1 is 1.29 bits per heavy atom. The van der Waals surface area contributed by atoms with E-state index in [4.69, 9.17) is 9.47 Å². The summed E-state index contributed by atoms with van der Waals surface area (Å²) < 4.78 is 10.4. The maximum atomic E-state index is 12.4. The lowest BCUT2D eigenvalue weighted by Gasteiger charge is -2.18. The fraction of sp³-hybridized carbons (Fsp3) is 0.364. The zero-order valence-electron chi connectivity index (χ0n) is 16.4. The van der Waals surface area contributed by atoms with E-state index in [0.29, 0.717) is 23.1 Å². The quantitative estimate of drug-likeness (QED) is 0.564. The van der Waals surface area contributed by atoms with E-state index in [1.165, 1.54) is 29.4 Å². The van der Waals surface area contributed by atoms with Crippen LogP contribution in [0, 0.1) is 5.92 Å². The van der Waals surface area contributed by atoms with Crippen molar-refractivity contribution in [2.45, 2.75) is 33.1 Å². The second-order valence-corrected chi connectivity index (χ2v) is 7.98. The molecular weight excluding hydrogens is 374 g/mol. The van der Waals surface area contributed by atoms with Crippen molar-refractivity contribution >= 4 is 34.3 Å². The van der Waals surface area contributed by atoms with Crippen LogP contribution in [0.4, 0.5) is 5.00 Å². The predicted molar refractivity (Wildman–Crippen MR) is 112 cm³/mol. The third kappa shape index (κ3) is 4.62. The minimum Gasteiger partial charge on any atom is -0.494 e. The molecule has 1 heterocycles. The number of carbonyl (C=O) groups is 2. The number of fused-ring (bicyclic) bond motifs is 1. The number of nitrogens with one attached hydrogen (secondary N) is 1. The number of anilines is 1. The van der Waals surface area contributed by atoms with Crippen LogP contribution in [-0.2, 0) is 22.4 Å². The first kappa shape index (κ1) is 20.1. The number of hydrogen-bond donors (Lipinski definition) is 1. The molecule has 1 aromatic heterocycles. The van der Waals surface area contributed by atoms with Gasteiger partial charge >= 0.3 is 5.97 Å². The average molecular weight is 400 g/mol. The van der Waals surface area contributed by atoms with E-state index in [2.05, 4.69) is 12.2 Å². The number of hydrogen-bond acceptors (Lipinski definition) is 5. The predicted octanol–water partition coefficient (Wildman–Crippen LogP) is 4.71. The van der Waals surface area contributed by atoms with Gasteiger partial charge in [0.1, 0.15) is 10.8 Å². The summed E-state index contributed by atoms with van der Waals surface area (Å²) in [5, 5.41) is 3.44. The van der Waals surface area contributed by atoms with E-state index in [1.54, 1.807) is 6.08 Å². The lowest BCUT2D eigenvalue weighted by molar-refractivity contribution is -0.111. The Balaban J connectivity index is 1.75. The van der Waals surface area contributed by atoms with Gasteiger partial charge in [0, 0.05) is 11.0 Å². The first-order valence-corrected chi connectivity index (χ1v) is 10.3. The van der Waals surface area contributed by atoms with Gasteiger partial charge in [-0.25, -0.2) is 4.79 Å². The summed E-state index contributed by atoms with van der Waals surface area (Å²) in [7, 11) is 1.37. The van der Waals surface area contributed by atoms with Crippen molar-refractivity contribution in [1.82, 2.24) is 0 Å². The zero-order chi connectivity index (χ0) is 20.1. The molecule has 1 aliphatic carbocycles. The van der Waals surface area contributed by atoms with Crippen molar-refractivity contribution < 1.29 is 19.1 Å². The largest absolute Gasteiger partial charge is 0.494 e. The first-order valence-electron chi connectivity index (χ1n) is 9.46. The van der Waals surface area contributed by atoms with Crippen molar-refractivity contribution in [3.63, 3.8) is 0 Å². The van der Waals surface area contributed by atoms with E-state index in [9.17, 15) is 9.59 Å². The number of methoxy groups -OCH3 is 1. The Hall–Kier alpha value is -2.60. The highest BCUT2D eigenvalue weighted by Crippen LogP contribution is 2.40. The monoisotopic (exact) mass is 399 g/mol. The summed E-state index contributed by atoms with van der Waals surface area (Å²) >= 11 is 1.48. The molecule has 0 saturated heterocycles. The molecule has 0 saturated carbocycles. The molecule has 0 aliphatic heterocycles. The molecule has 0 radical (unpaired) electrons. The Kier molecular flexibility index (Phi) is 6.52. The van der Waals surface area contributed by atoms with Crippen LogP contribution in [0.15, 0.2) is 30.3 Å². The second-order valence-electron chi connectivity index (χ2n) is 6.87.